The van der Waals surface area contributed by atoms with Crippen molar-refractivity contribution in [1.82, 2.24) is 9.97 Å². The van der Waals surface area contributed by atoms with E-state index in [1.165, 1.54) is 0 Å². The quantitative estimate of drug-likeness (QED) is 0.645. The van der Waals surface area contributed by atoms with E-state index in [4.69, 9.17) is 9.47 Å². The number of aliphatic imine (C=N–C) groups is 2. The molecule has 1 N–H and O–H groups in total. The summed E-state index contributed by atoms with van der Waals surface area (Å²) in [6, 6.07) is 6.45. The summed E-state index contributed by atoms with van der Waals surface area (Å²) in [5.74, 6) is 2.43. The Kier molecular flexibility index (Phi) is 7.32. The van der Waals surface area contributed by atoms with Gasteiger partial charge in [-0.3, -0.25) is 9.98 Å². The minimum absolute atomic E-state index is 0.138. The Balaban J connectivity index is 1.46. The van der Waals surface area contributed by atoms with Gasteiger partial charge < -0.3 is 19.7 Å². The molecule has 2 heterocycles. The van der Waals surface area contributed by atoms with Crippen LogP contribution >= 0.6 is 0 Å². The smallest absolute Gasteiger partial charge is 0.149 e. The highest BCUT2D eigenvalue weighted by molar-refractivity contribution is 5.80. The molecule has 0 radical (unpaired) electrons. The molecule has 1 aliphatic carbocycles. The maximum atomic E-state index is 6.49. The molecular weight excluding hydrogens is 404 g/mol. The van der Waals surface area contributed by atoms with Crippen molar-refractivity contribution in [2.24, 2.45) is 9.98 Å². The summed E-state index contributed by atoms with van der Waals surface area (Å²) in [7, 11) is 0. The van der Waals surface area contributed by atoms with Crippen LogP contribution in [0.3, 0.4) is 0 Å². The van der Waals surface area contributed by atoms with Crippen LogP contribution in [0.25, 0.3) is 0 Å². The molecule has 0 atom stereocenters. The summed E-state index contributed by atoms with van der Waals surface area (Å²) in [6.45, 7) is 10.8. The van der Waals surface area contributed by atoms with Gasteiger partial charge in [0.1, 0.15) is 23.1 Å². The first-order valence-electron chi connectivity index (χ1n) is 11.3. The van der Waals surface area contributed by atoms with Crippen LogP contribution in [-0.2, 0) is 4.74 Å². The van der Waals surface area contributed by atoms with Gasteiger partial charge in [0.25, 0.3) is 0 Å². The number of morpholine rings is 1. The molecule has 8 heteroatoms. The maximum absolute atomic E-state index is 6.49. The zero-order chi connectivity index (χ0) is 22.3. The minimum atomic E-state index is 0.138. The first-order chi connectivity index (χ1) is 15.7. The lowest BCUT2D eigenvalue weighted by Crippen LogP contribution is -2.36. The molecule has 1 aromatic heterocycles. The van der Waals surface area contributed by atoms with Crippen molar-refractivity contribution in [2.75, 3.05) is 36.5 Å². The zero-order valence-electron chi connectivity index (χ0n) is 19.0. The van der Waals surface area contributed by atoms with Crippen molar-refractivity contribution < 1.29 is 9.47 Å². The molecular formula is C24H32N6O2. The minimum Gasteiger partial charge on any atom is -0.488 e. The summed E-state index contributed by atoms with van der Waals surface area (Å²) < 4.78 is 12.0. The number of hydrogen-bond acceptors (Lipinski definition) is 8. The Bertz CT molecular complexity index is 950. The van der Waals surface area contributed by atoms with E-state index in [9.17, 15) is 0 Å². The summed E-state index contributed by atoms with van der Waals surface area (Å²) in [6.07, 6.45) is 7.68. The SMILES string of the molecule is C=Nc1c(/N=C\C)cc(N2CCOCC2)cc1O[C@H]1CC[C@@H](Nc2ccnc(C)n2)CC1. The molecule has 0 bridgehead atoms. The number of nitrogens with one attached hydrogen (secondary N) is 1. The van der Waals surface area contributed by atoms with Crippen molar-refractivity contribution >= 4 is 35.8 Å². The van der Waals surface area contributed by atoms with Gasteiger partial charge in [0, 0.05) is 43.3 Å². The second-order valence-electron chi connectivity index (χ2n) is 8.18. The molecule has 4 rings (SSSR count). The van der Waals surface area contributed by atoms with Crippen molar-refractivity contribution in [1.29, 1.82) is 0 Å². The van der Waals surface area contributed by atoms with Crippen LogP contribution in [0.4, 0.5) is 22.9 Å². The summed E-state index contributed by atoms with van der Waals surface area (Å²) in [5, 5.41) is 3.53. The number of benzene rings is 1. The summed E-state index contributed by atoms with van der Waals surface area (Å²) >= 11 is 0. The largest absolute Gasteiger partial charge is 0.488 e. The highest BCUT2D eigenvalue weighted by Crippen LogP contribution is 2.43. The standard InChI is InChI=1S/C24H32N6O2/c1-4-26-21-15-19(30-11-13-31-14-12-30)16-22(24(21)25-3)32-20-7-5-18(6-8-20)29-23-9-10-27-17(2)28-23/h4,9-10,15-16,18,20H,3,5-8,11-14H2,1-2H3,(H,27,28,29)/b26-4-/t18-,20+. The normalized spacial score (nSPS) is 21.5. The lowest BCUT2D eigenvalue weighted by Gasteiger charge is -2.32. The molecule has 8 nitrogen and oxygen atoms in total. The molecule has 2 aromatic rings. The van der Waals surface area contributed by atoms with Gasteiger partial charge >= 0.3 is 0 Å². The third-order valence-corrected chi connectivity index (χ3v) is 5.94. The van der Waals surface area contributed by atoms with Gasteiger partial charge in [0.05, 0.1) is 25.0 Å². The number of nitrogens with zero attached hydrogens (tertiary/aromatic N) is 5. The molecule has 32 heavy (non-hydrogen) atoms. The van der Waals surface area contributed by atoms with Gasteiger partial charge in [-0.05, 0) is 58.4 Å². The van der Waals surface area contributed by atoms with Crippen molar-refractivity contribution in [3.63, 3.8) is 0 Å². The first kappa shape index (κ1) is 22.2. The van der Waals surface area contributed by atoms with E-state index in [1.54, 1.807) is 12.4 Å². The lowest BCUT2D eigenvalue weighted by molar-refractivity contribution is 0.122. The monoisotopic (exact) mass is 436 g/mol. The highest BCUT2D eigenvalue weighted by Gasteiger charge is 2.25. The third kappa shape index (κ3) is 5.43. The van der Waals surface area contributed by atoms with Gasteiger partial charge in [-0.15, -0.1) is 0 Å². The predicted molar refractivity (Wildman–Crippen MR) is 130 cm³/mol. The van der Waals surface area contributed by atoms with E-state index >= 15 is 0 Å². The fourth-order valence-electron chi connectivity index (χ4n) is 4.32. The number of rotatable bonds is 7. The molecule has 1 saturated carbocycles. The predicted octanol–water partition coefficient (Wildman–Crippen LogP) is 4.48. The van der Waals surface area contributed by atoms with Crippen LogP contribution in [0, 0.1) is 6.92 Å². The van der Waals surface area contributed by atoms with E-state index in [1.807, 2.05) is 19.9 Å². The second-order valence-corrected chi connectivity index (χ2v) is 8.18. The lowest BCUT2D eigenvalue weighted by atomic mass is 9.93. The Morgan fingerprint density at radius 2 is 2.00 bits per heavy atom. The molecule has 2 aliphatic rings. The van der Waals surface area contributed by atoms with E-state index in [2.05, 4.69) is 49.0 Å². The van der Waals surface area contributed by atoms with E-state index in [-0.39, 0.29) is 6.10 Å². The fraction of sp³-hybridized carbons (Fsp3) is 0.500. The van der Waals surface area contributed by atoms with Crippen LogP contribution in [0.5, 0.6) is 5.75 Å². The number of anilines is 2. The van der Waals surface area contributed by atoms with Crippen LogP contribution in [-0.4, -0.2) is 61.3 Å². The number of hydrogen-bond donors (Lipinski definition) is 1. The Morgan fingerprint density at radius 1 is 1.22 bits per heavy atom. The number of aromatic nitrogens is 2. The van der Waals surface area contributed by atoms with Crippen molar-refractivity contribution in [3.8, 4) is 5.75 Å². The Labute approximate surface area is 189 Å². The van der Waals surface area contributed by atoms with E-state index < -0.39 is 0 Å². The van der Waals surface area contributed by atoms with Crippen LogP contribution in [0.2, 0.25) is 0 Å². The first-order valence-corrected chi connectivity index (χ1v) is 11.3. The van der Waals surface area contributed by atoms with Gasteiger partial charge in [-0.25, -0.2) is 9.97 Å². The summed E-state index contributed by atoms with van der Waals surface area (Å²) in [5.41, 5.74) is 2.58. The molecule has 0 unspecified atom stereocenters. The average molecular weight is 437 g/mol. The topological polar surface area (TPSA) is 84.2 Å². The molecule has 1 aromatic carbocycles. The Hall–Kier alpha value is -3.00. The van der Waals surface area contributed by atoms with E-state index in [0.29, 0.717) is 11.7 Å². The fourth-order valence-corrected chi connectivity index (χ4v) is 4.32. The highest BCUT2D eigenvalue weighted by atomic mass is 16.5. The van der Waals surface area contributed by atoms with Gasteiger partial charge in [0.2, 0.25) is 0 Å². The zero-order valence-corrected chi connectivity index (χ0v) is 19.0. The Morgan fingerprint density at radius 3 is 2.69 bits per heavy atom. The van der Waals surface area contributed by atoms with Crippen LogP contribution < -0.4 is 15.0 Å². The molecule has 1 aliphatic heterocycles. The van der Waals surface area contributed by atoms with Gasteiger partial charge in [0.15, 0.2) is 0 Å². The molecule has 0 amide bonds. The third-order valence-electron chi connectivity index (χ3n) is 5.94. The van der Waals surface area contributed by atoms with E-state index in [0.717, 1.165) is 80.8 Å². The molecule has 0 spiro atoms. The van der Waals surface area contributed by atoms with Gasteiger partial charge in [-0.2, -0.15) is 0 Å². The molecule has 170 valence electrons. The second kappa shape index (κ2) is 10.5. The molecule has 1 saturated heterocycles. The van der Waals surface area contributed by atoms with Gasteiger partial charge in [-0.1, -0.05) is 0 Å². The molecule has 2 fully saturated rings. The summed E-state index contributed by atoms with van der Waals surface area (Å²) in [4.78, 5) is 19.7. The van der Waals surface area contributed by atoms with Crippen LogP contribution in [0.15, 0.2) is 34.4 Å². The number of aryl methyl sites for hydroxylation is 1. The van der Waals surface area contributed by atoms with Crippen molar-refractivity contribution in [3.05, 3.63) is 30.2 Å². The maximum Gasteiger partial charge on any atom is 0.149 e. The average Bonchev–Trinajstić information content (AvgIpc) is 2.81. The van der Waals surface area contributed by atoms with Crippen LogP contribution in [0.1, 0.15) is 38.4 Å². The number of ether oxygens (including phenoxy) is 2. The van der Waals surface area contributed by atoms with Crippen molar-refractivity contribution in [2.45, 2.75) is 51.7 Å².